The van der Waals surface area contributed by atoms with E-state index in [1.54, 1.807) is 0 Å². The van der Waals surface area contributed by atoms with Crippen molar-refractivity contribution in [1.82, 2.24) is 15.6 Å². The van der Waals surface area contributed by atoms with Crippen LogP contribution in [0.4, 0.5) is 10.6 Å². The fraction of sp³-hybridized carbons (Fsp3) is 0.304. The molecule has 3 N–H and O–H groups in total. The van der Waals surface area contributed by atoms with Crippen LogP contribution in [0.1, 0.15) is 19.4 Å². The number of pyridine rings is 1. The summed E-state index contributed by atoms with van der Waals surface area (Å²) in [7, 11) is 0. The van der Waals surface area contributed by atoms with Gasteiger partial charge in [-0.3, -0.25) is 0 Å². The van der Waals surface area contributed by atoms with Crippen LogP contribution >= 0.6 is 0 Å². The molecule has 0 unspecified atom stereocenters. The van der Waals surface area contributed by atoms with E-state index in [9.17, 15) is 4.79 Å². The lowest BCUT2D eigenvalue weighted by Crippen LogP contribution is -2.43. The maximum atomic E-state index is 12.2. The van der Waals surface area contributed by atoms with Crippen LogP contribution in [0.15, 0.2) is 54.6 Å². The molecule has 3 aromatic rings. The van der Waals surface area contributed by atoms with Gasteiger partial charge >= 0.3 is 6.03 Å². The normalized spacial score (nSPS) is 12.6. The van der Waals surface area contributed by atoms with E-state index in [0.717, 1.165) is 33.8 Å². The number of carbonyl (C=O) groups is 1. The van der Waals surface area contributed by atoms with Crippen molar-refractivity contribution in [2.45, 2.75) is 19.3 Å². The molecule has 1 aromatic heterocycles. The first kappa shape index (κ1) is 19.8. The Morgan fingerprint density at radius 3 is 2.73 bits per heavy atom. The summed E-state index contributed by atoms with van der Waals surface area (Å²) in [5.41, 5.74) is 1.78. The molecule has 0 bridgehead atoms. The monoisotopic (exact) mass is 406 g/mol. The van der Waals surface area contributed by atoms with Gasteiger partial charge in [0.25, 0.3) is 0 Å². The number of anilines is 1. The number of urea groups is 1. The maximum Gasteiger partial charge on any atom is 0.314 e. The number of hydrogen-bond acceptors (Lipinski definition) is 5. The summed E-state index contributed by atoms with van der Waals surface area (Å²) in [6, 6.07) is 17.6. The van der Waals surface area contributed by atoms with Crippen molar-refractivity contribution in [2.75, 3.05) is 31.7 Å². The second-order valence-corrected chi connectivity index (χ2v) is 7.88. The molecule has 0 saturated heterocycles. The lowest BCUT2D eigenvalue weighted by atomic mass is 9.84. The van der Waals surface area contributed by atoms with Crippen LogP contribution in [0.25, 0.3) is 10.9 Å². The fourth-order valence-corrected chi connectivity index (χ4v) is 3.31. The van der Waals surface area contributed by atoms with Crippen molar-refractivity contribution >= 4 is 22.8 Å². The molecule has 0 atom stereocenters. The number of benzene rings is 2. The molecule has 7 heteroatoms. The number of amides is 2. The fourth-order valence-electron chi connectivity index (χ4n) is 3.31. The zero-order valence-electron chi connectivity index (χ0n) is 17.2. The second kappa shape index (κ2) is 8.49. The molecule has 1 aliphatic heterocycles. The van der Waals surface area contributed by atoms with Crippen molar-refractivity contribution in [3.05, 3.63) is 60.2 Å². The molecule has 30 heavy (non-hydrogen) atoms. The highest BCUT2D eigenvalue weighted by Crippen LogP contribution is 2.36. The number of nitrogens with zero attached hydrogens (tertiary/aromatic N) is 1. The first-order valence-corrected chi connectivity index (χ1v) is 10.0. The van der Waals surface area contributed by atoms with Crippen molar-refractivity contribution in [3.63, 3.8) is 0 Å². The Kier molecular flexibility index (Phi) is 5.61. The molecular weight excluding hydrogens is 380 g/mol. The van der Waals surface area contributed by atoms with Crippen LogP contribution in [-0.2, 0) is 5.41 Å². The van der Waals surface area contributed by atoms with E-state index in [4.69, 9.17) is 9.47 Å². The first-order valence-electron chi connectivity index (χ1n) is 10.0. The van der Waals surface area contributed by atoms with Gasteiger partial charge in [0, 0.05) is 30.4 Å². The molecular formula is C23H26N4O3. The lowest BCUT2D eigenvalue weighted by Gasteiger charge is -2.26. The Morgan fingerprint density at radius 2 is 1.83 bits per heavy atom. The predicted octanol–water partition coefficient (Wildman–Crippen LogP) is 3.65. The number of hydrogen-bond donors (Lipinski definition) is 3. The van der Waals surface area contributed by atoms with E-state index in [-0.39, 0.29) is 18.2 Å². The second-order valence-electron chi connectivity index (χ2n) is 7.88. The molecule has 0 aliphatic carbocycles. The molecule has 0 fully saturated rings. The third-order valence-corrected chi connectivity index (χ3v) is 5.16. The summed E-state index contributed by atoms with van der Waals surface area (Å²) in [5.74, 6) is 2.30. The van der Waals surface area contributed by atoms with Gasteiger partial charge in [0.15, 0.2) is 11.5 Å². The number of aromatic nitrogens is 1. The molecule has 2 heterocycles. The van der Waals surface area contributed by atoms with Gasteiger partial charge in [-0.2, -0.15) is 0 Å². The predicted molar refractivity (Wildman–Crippen MR) is 117 cm³/mol. The number of nitrogens with one attached hydrogen (secondary N) is 3. The zero-order chi connectivity index (χ0) is 21.0. The van der Waals surface area contributed by atoms with Crippen LogP contribution < -0.4 is 25.4 Å². The van der Waals surface area contributed by atoms with Crippen LogP contribution in [0, 0.1) is 0 Å². The van der Waals surface area contributed by atoms with Gasteiger partial charge in [0.1, 0.15) is 5.82 Å². The summed E-state index contributed by atoms with van der Waals surface area (Å²) in [5, 5.41) is 10.2. The standard InChI is InChI=1S/C23H26N4O3/c1-23(2,17-8-9-19-20(13-17)30-15-29-19)14-26-22(28)25-12-11-24-21-10-7-16-5-3-4-6-18(16)27-21/h3-10,13H,11-12,14-15H2,1-2H3,(H,24,27)(H2,25,26,28). The van der Waals surface area contributed by atoms with Crippen LogP contribution in [-0.4, -0.2) is 37.4 Å². The van der Waals surface area contributed by atoms with E-state index < -0.39 is 0 Å². The number of rotatable bonds is 7. The molecule has 0 saturated carbocycles. The summed E-state index contributed by atoms with van der Waals surface area (Å²) in [6.07, 6.45) is 0. The third-order valence-electron chi connectivity index (χ3n) is 5.16. The van der Waals surface area contributed by atoms with Crippen molar-refractivity contribution < 1.29 is 14.3 Å². The minimum absolute atomic E-state index is 0.197. The molecule has 7 nitrogen and oxygen atoms in total. The van der Waals surface area contributed by atoms with Crippen molar-refractivity contribution in [2.24, 2.45) is 0 Å². The summed E-state index contributed by atoms with van der Waals surface area (Å²) < 4.78 is 10.8. The van der Waals surface area contributed by atoms with Crippen molar-refractivity contribution in [3.8, 4) is 11.5 Å². The minimum Gasteiger partial charge on any atom is -0.454 e. The van der Waals surface area contributed by atoms with Crippen LogP contribution in [0.2, 0.25) is 0 Å². The topological polar surface area (TPSA) is 84.5 Å². The van der Waals surface area contributed by atoms with Gasteiger partial charge in [-0.15, -0.1) is 0 Å². The SMILES string of the molecule is CC(C)(CNC(=O)NCCNc1ccc2ccccc2n1)c1ccc2c(c1)OCO2. The number of fused-ring (bicyclic) bond motifs is 2. The first-order chi connectivity index (χ1) is 14.5. The minimum atomic E-state index is -0.244. The highest BCUT2D eigenvalue weighted by atomic mass is 16.7. The van der Waals surface area contributed by atoms with Gasteiger partial charge in [0.05, 0.1) is 5.52 Å². The summed E-state index contributed by atoms with van der Waals surface area (Å²) in [6.45, 7) is 5.99. The lowest BCUT2D eigenvalue weighted by molar-refractivity contribution is 0.174. The van der Waals surface area contributed by atoms with Gasteiger partial charge in [0.2, 0.25) is 6.79 Å². The van der Waals surface area contributed by atoms with Crippen LogP contribution in [0.3, 0.4) is 0 Å². The van der Waals surface area contributed by atoms with Gasteiger partial charge in [-0.25, -0.2) is 9.78 Å². The molecule has 1 aliphatic rings. The van der Waals surface area contributed by atoms with Crippen molar-refractivity contribution in [1.29, 1.82) is 0 Å². The van der Waals surface area contributed by atoms with Gasteiger partial charge in [-0.1, -0.05) is 38.1 Å². The van der Waals surface area contributed by atoms with E-state index >= 15 is 0 Å². The molecule has 0 spiro atoms. The number of carbonyl (C=O) groups excluding carboxylic acids is 1. The quantitative estimate of drug-likeness (QED) is 0.522. The zero-order valence-corrected chi connectivity index (χ0v) is 17.2. The molecule has 4 rings (SSSR count). The maximum absolute atomic E-state index is 12.2. The molecule has 0 radical (unpaired) electrons. The molecule has 2 aromatic carbocycles. The average molecular weight is 406 g/mol. The Hall–Kier alpha value is -3.48. The highest BCUT2D eigenvalue weighted by molar-refractivity contribution is 5.80. The van der Waals surface area contributed by atoms with E-state index in [0.29, 0.717) is 19.6 Å². The third kappa shape index (κ3) is 4.56. The number of ether oxygens (including phenoxy) is 2. The largest absolute Gasteiger partial charge is 0.454 e. The van der Waals surface area contributed by atoms with Gasteiger partial charge < -0.3 is 25.4 Å². The van der Waals surface area contributed by atoms with Gasteiger partial charge in [-0.05, 0) is 35.9 Å². The molecule has 156 valence electrons. The Morgan fingerprint density at radius 1 is 1.00 bits per heavy atom. The van der Waals surface area contributed by atoms with E-state index in [2.05, 4.69) is 34.8 Å². The smallest absolute Gasteiger partial charge is 0.314 e. The Bertz CT molecular complexity index is 1050. The van der Waals surface area contributed by atoms with E-state index in [1.165, 1.54) is 0 Å². The number of para-hydroxylation sites is 1. The molecule has 2 amide bonds. The highest BCUT2D eigenvalue weighted by Gasteiger charge is 2.24. The summed E-state index contributed by atoms with van der Waals surface area (Å²) in [4.78, 5) is 16.7. The van der Waals surface area contributed by atoms with E-state index in [1.807, 2.05) is 54.6 Å². The Labute approximate surface area is 175 Å². The van der Waals surface area contributed by atoms with Crippen LogP contribution in [0.5, 0.6) is 11.5 Å². The summed E-state index contributed by atoms with van der Waals surface area (Å²) >= 11 is 0. The Balaban J connectivity index is 1.21. The average Bonchev–Trinajstić information content (AvgIpc) is 3.23.